The number of likely N-dealkylation sites (tertiary alicyclic amines) is 2. The maximum absolute atomic E-state index is 13.2. The maximum Gasteiger partial charge on any atom is 0.262 e. The lowest BCUT2D eigenvalue weighted by atomic mass is 10.0. The molecule has 152 valence electrons. The van der Waals surface area contributed by atoms with E-state index in [0.717, 1.165) is 73.5 Å². The summed E-state index contributed by atoms with van der Waals surface area (Å²) in [5.74, 6) is 1.07. The molecule has 0 atom stereocenters. The van der Waals surface area contributed by atoms with Crippen LogP contribution >= 0.6 is 11.3 Å². The minimum Gasteiger partial charge on any atom is -0.342 e. The van der Waals surface area contributed by atoms with Crippen LogP contribution in [0.1, 0.15) is 54.4 Å². The molecule has 2 saturated heterocycles. The number of hydrogen-bond donors (Lipinski definition) is 0. The predicted octanol–water partition coefficient (Wildman–Crippen LogP) is 3.03. The lowest BCUT2D eigenvalue weighted by Crippen LogP contribution is -2.46. The molecule has 7 heteroatoms. The summed E-state index contributed by atoms with van der Waals surface area (Å²) in [6.45, 7) is 10.1. The van der Waals surface area contributed by atoms with E-state index >= 15 is 0 Å². The number of aromatic nitrogens is 2. The minimum atomic E-state index is 0.104. The van der Waals surface area contributed by atoms with Crippen LogP contribution in [-0.4, -0.2) is 58.0 Å². The summed E-state index contributed by atoms with van der Waals surface area (Å²) >= 11 is 1.61. The van der Waals surface area contributed by atoms with Gasteiger partial charge in [0.1, 0.15) is 10.7 Å². The quantitative estimate of drug-likeness (QED) is 0.792. The summed E-state index contributed by atoms with van der Waals surface area (Å²) in [5.41, 5.74) is 1.17. The Kier molecular flexibility index (Phi) is 5.56. The molecule has 0 unspecified atom stereocenters. The van der Waals surface area contributed by atoms with Gasteiger partial charge >= 0.3 is 0 Å². The maximum atomic E-state index is 13.2. The van der Waals surface area contributed by atoms with Gasteiger partial charge in [-0.05, 0) is 58.4 Å². The van der Waals surface area contributed by atoms with Crippen molar-refractivity contribution in [3.63, 3.8) is 0 Å². The highest BCUT2D eigenvalue weighted by Gasteiger charge is 2.27. The fraction of sp³-hybridized carbons (Fsp3) is 0.667. The van der Waals surface area contributed by atoms with Crippen LogP contribution in [-0.2, 0) is 4.79 Å². The van der Waals surface area contributed by atoms with Gasteiger partial charge in [-0.2, -0.15) is 0 Å². The largest absolute Gasteiger partial charge is 0.342 e. The SMILES string of the molecule is Cc1sc2nc(C)n(C3CCN(CC(=O)N4CCCCC4)CC3)c(=O)c2c1C. The number of aryl methyl sites for hydroxylation is 3. The fourth-order valence-electron chi connectivity index (χ4n) is 4.61. The molecule has 2 aliphatic rings. The second kappa shape index (κ2) is 7.95. The molecule has 4 heterocycles. The molecule has 0 aliphatic carbocycles. The number of piperidine rings is 2. The molecule has 2 aromatic rings. The minimum absolute atomic E-state index is 0.104. The number of carbonyl (C=O) groups excluding carboxylic acids is 1. The van der Waals surface area contributed by atoms with Crippen LogP contribution in [0.3, 0.4) is 0 Å². The highest BCUT2D eigenvalue weighted by Crippen LogP contribution is 2.29. The molecule has 2 fully saturated rings. The number of nitrogens with zero attached hydrogens (tertiary/aromatic N) is 4. The van der Waals surface area contributed by atoms with Crippen LogP contribution in [0.5, 0.6) is 0 Å². The normalized spacial score (nSPS) is 19.5. The van der Waals surface area contributed by atoms with Crippen molar-refractivity contribution < 1.29 is 4.79 Å². The number of amides is 1. The van der Waals surface area contributed by atoms with Gasteiger partial charge < -0.3 is 4.90 Å². The van der Waals surface area contributed by atoms with Crippen molar-refractivity contribution >= 4 is 27.5 Å². The number of thiophene rings is 1. The van der Waals surface area contributed by atoms with Crippen molar-refractivity contribution in [3.8, 4) is 0 Å². The average molecular weight is 403 g/mol. The molecular weight excluding hydrogens is 372 g/mol. The van der Waals surface area contributed by atoms with E-state index < -0.39 is 0 Å². The predicted molar refractivity (Wildman–Crippen MR) is 113 cm³/mol. The fourth-order valence-corrected chi connectivity index (χ4v) is 5.67. The highest BCUT2D eigenvalue weighted by molar-refractivity contribution is 7.18. The van der Waals surface area contributed by atoms with Gasteiger partial charge in [0, 0.05) is 37.1 Å². The summed E-state index contributed by atoms with van der Waals surface area (Å²) in [5, 5.41) is 0.788. The molecule has 0 N–H and O–H groups in total. The number of hydrogen-bond acceptors (Lipinski definition) is 5. The summed E-state index contributed by atoms with van der Waals surface area (Å²) in [7, 11) is 0. The third-order valence-corrected chi connectivity index (χ3v) is 7.50. The van der Waals surface area contributed by atoms with E-state index in [0.29, 0.717) is 6.54 Å². The zero-order valence-electron chi connectivity index (χ0n) is 17.2. The molecular formula is C21H30N4O2S. The Balaban J connectivity index is 1.46. The van der Waals surface area contributed by atoms with Gasteiger partial charge in [-0.15, -0.1) is 11.3 Å². The van der Waals surface area contributed by atoms with Gasteiger partial charge in [-0.3, -0.25) is 19.1 Å². The van der Waals surface area contributed by atoms with E-state index in [2.05, 4.69) is 11.8 Å². The first-order chi connectivity index (χ1) is 13.5. The van der Waals surface area contributed by atoms with E-state index in [9.17, 15) is 9.59 Å². The average Bonchev–Trinajstić information content (AvgIpc) is 2.97. The zero-order chi connectivity index (χ0) is 19.8. The Hall–Kier alpha value is -1.73. The number of rotatable bonds is 3. The van der Waals surface area contributed by atoms with Crippen LogP contribution in [0.4, 0.5) is 0 Å². The second-order valence-electron chi connectivity index (χ2n) is 8.25. The molecule has 1 amide bonds. The monoisotopic (exact) mass is 402 g/mol. The van der Waals surface area contributed by atoms with Gasteiger partial charge in [-0.25, -0.2) is 4.98 Å². The molecule has 28 heavy (non-hydrogen) atoms. The smallest absolute Gasteiger partial charge is 0.262 e. The third-order valence-electron chi connectivity index (χ3n) is 6.40. The molecule has 2 aliphatic heterocycles. The van der Waals surface area contributed by atoms with E-state index in [1.165, 1.54) is 11.3 Å². The van der Waals surface area contributed by atoms with E-state index in [4.69, 9.17) is 4.98 Å². The van der Waals surface area contributed by atoms with Gasteiger partial charge in [0.15, 0.2) is 0 Å². The first-order valence-electron chi connectivity index (χ1n) is 10.4. The van der Waals surface area contributed by atoms with Crippen molar-refractivity contribution in [2.75, 3.05) is 32.7 Å². The topological polar surface area (TPSA) is 58.4 Å². The summed E-state index contributed by atoms with van der Waals surface area (Å²) in [6, 6.07) is 0.172. The standard InChI is InChI=1S/C21H30N4O2S/c1-14-15(2)28-20-19(14)21(27)25(16(3)22-20)17-7-11-23(12-8-17)13-18(26)24-9-5-4-6-10-24/h17H,4-13H2,1-3H3. The van der Waals surface area contributed by atoms with E-state index in [-0.39, 0.29) is 17.5 Å². The third kappa shape index (κ3) is 3.62. The molecule has 0 spiro atoms. The van der Waals surface area contributed by atoms with Crippen molar-refractivity contribution in [2.24, 2.45) is 0 Å². The number of fused-ring (bicyclic) bond motifs is 1. The summed E-state index contributed by atoms with van der Waals surface area (Å²) < 4.78 is 1.91. The van der Waals surface area contributed by atoms with Crippen LogP contribution < -0.4 is 5.56 Å². The Labute approximate surface area is 170 Å². The van der Waals surface area contributed by atoms with Crippen molar-refractivity contribution in [1.82, 2.24) is 19.4 Å². The molecule has 0 radical (unpaired) electrons. The Morgan fingerprint density at radius 1 is 1.07 bits per heavy atom. The summed E-state index contributed by atoms with van der Waals surface area (Å²) in [4.78, 5) is 36.8. The van der Waals surface area contributed by atoms with Gasteiger partial charge in [0.2, 0.25) is 5.91 Å². The Bertz CT molecular complexity index is 934. The van der Waals surface area contributed by atoms with Crippen LogP contribution in [0, 0.1) is 20.8 Å². The van der Waals surface area contributed by atoms with Gasteiger partial charge in [0.05, 0.1) is 11.9 Å². The van der Waals surface area contributed by atoms with Gasteiger partial charge in [-0.1, -0.05) is 0 Å². The zero-order valence-corrected chi connectivity index (χ0v) is 18.0. The van der Waals surface area contributed by atoms with E-state index in [1.807, 2.05) is 23.3 Å². The van der Waals surface area contributed by atoms with E-state index in [1.54, 1.807) is 11.3 Å². The van der Waals surface area contributed by atoms with Crippen molar-refractivity contribution in [2.45, 2.75) is 58.9 Å². The lowest BCUT2D eigenvalue weighted by Gasteiger charge is -2.35. The molecule has 0 saturated carbocycles. The van der Waals surface area contributed by atoms with Crippen LogP contribution in [0.25, 0.3) is 10.2 Å². The summed E-state index contributed by atoms with van der Waals surface area (Å²) in [6.07, 6.45) is 5.29. The molecule has 4 rings (SSSR count). The lowest BCUT2D eigenvalue weighted by molar-refractivity contribution is -0.133. The first kappa shape index (κ1) is 19.6. The second-order valence-corrected chi connectivity index (χ2v) is 9.45. The molecule has 6 nitrogen and oxygen atoms in total. The van der Waals surface area contributed by atoms with Crippen molar-refractivity contribution in [3.05, 3.63) is 26.6 Å². The van der Waals surface area contributed by atoms with Crippen LogP contribution in [0.15, 0.2) is 4.79 Å². The van der Waals surface area contributed by atoms with Crippen LogP contribution in [0.2, 0.25) is 0 Å². The van der Waals surface area contributed by atoms with Gasteiger partial charge in [0.25, 0.3) is 5.56 Å². The molecule has 0 bridgehead atoms. The highest BCUT2D eigenvalue weighted by atomic mass is 32.1. The first-order valence-corrected chi connectivity index (χ1v) is 11.3. The Morgan fingerprint density at radius 2 is 1.75 bits per heavy atom. The van der Waals surface area contributed by atoms with Crippen molar-refractivity contribution in [1.29, 1.82) is 0 Å². The number of carbonyl (C=O) groups is 1. The Morgan fingerprint density at radius 3 is 2.43 bits per heavy atom. The molecule has 2 aromatic heterocycles. The molecule has 0 aromatic carbocycles.